The van der Waals surface area contributed by atoms with E-state index >= 15 is 0 Å². The molecular formula is C17H20FNO2. The Labute approximate surface area is 124 Å². The van der Waals surface area contributed by atoms with Gasteiger partial charge in [0.15, 0.2) is 0 Å². The second-order valence-corrected chi connectivity index (χ2v) is 4.83. The highest BCUT2D eigenvalue weighted by Gasteiger charge is 2.07. The molecule has 0 aromatic heterocycles. The second-order valence-electron chi connectivity index (χ2n) is 4.83. The van der Waals surface area contributed by atoms with Crippen LogP contribution in [0.15, 0.2) is 42.5 Å². The Morgan fingerprint density at radius 1 is 1.14 bits per heavy atom. The standard InChI is InChI=1S/C17H20FNO2/c1-2-9-19-11-14-10-15(18)5-8-17(14)21-16-6-3-13(12-20)4-7-16/h3-8,10,19-20H,2,9,11-12H2,1H3. The molecule has 2 N–H and O–H groups in total. The van der Waals surface area contributed by atoms with Gasteiger partial charge in [-0.15, -0.1) is 0 Å². The SMILES string of the molecule is CCCNCc1cc(F)ccc1Oc1ccc(CO)cc1. The van der Waals surface area contributed by atoms with Crippen LogP contribution < -0.4 is 10.1 Å². The van der Waals surface area contributed by atoms with Gasteiger partial charge in [-0.05, 0) is 48.9 Å². The van der Waals surface area contributed by atoms with Crippen molar-refractivity contribution in [1.82, 2.24) is 5.32 Å². The summed E-state index contributed by atoms with van der Waals surface area (Å²) >= 11 is 0. The van der Waals surface area contributed by atoms with Gasteiger partial charge in [-0.25, -0.2) is 4.39 Å². The lowest BCUT2D eigenvalue weighted by molar-refractivity contribution is 0.281. The van der Waals surface area contributed by atoms with Crippen molar-refractivity contribution in [3.05, 3.63) is 59.4 Å². The van der Waals surface area contributed by atoms with Gasteiger partial charge in [-0.3, -0.25) is 0 Å². The van der Waals surface area contributed by atoms with E-state index < -0.39 is 0 Å². The van der Waals surface area contributed by atoms with E-state index in [0.717, 1.165) is 24.1 Å². The molecule has 0 amide bonds. The number of nitrogens with one attached hydrogen (secondary N) is 1. The third-order valence-corrected chi connectivity index (χ3v) is 3.10. The molecule has 0 spiro atoms. The Morgan fingerprint density at radius 2 is 1.90 bits per heavy atom. The first-order valence-electron chi connectivity index (χ1n) is 7.09. The van der Waals surface area contributed by atoms with Gasteiger partial charge in [0.25, 0.3) is 0 Å². The van der Waals surface area contributed by atoms with Crippen LogP contribution in [0.1, 0.15) is 24.5 Å². The normalized spacial score (nSPS) is 10.6. The summed E-state index contributed by atoms with van der Waals surface area (Å²) in [7, 11) is 0. The first kappa shape index (κ1) is 15.5. The molecule has 2 aromatic carbocycles. The van der Waals surface area contributed by atoms with E-state index in [0.29, 0.717) is 18.0 Å². The third kappa shape index (κ3) is 4.55. The number of aliphatic hydroxyl groups excluding tert-OH is 1. The quantitative estimate of drug-likeness (QED) is 0.765. The molecule has 0 aliphatic rings. The maximum absolute atomic E-state index is 13.4. The van der Waals surface area contributed by atoms with Crippen LogP contribution >= 0.6 is 0 Å². The predicted octanol–water partition coefficient (Wildman–Crippen LogP) is 3.61. The van der Waals surface area contributed by atoms with Crippen LogP contribution in [-0.4, -0.2) is 11.7 Å². The summed E-state index contributed by atoms with van der Waals surface area (Å²) in [6.45, 7) is 3.53. The van der Waals surface area contributed by atoms with Crippen LogP contribution in [-0.2, 0) is 13.2 Å². The van der Waals surface area contributed by atoms with E-state index in [1.165, 1.54) is 12.1 Å². The zero-order valence-electron chi connectivity index (χ0n) is 12.1. The average molecular weight is 289 g/mol. The first-order chi connectivity index (χ1) is 10.2. The summed E-state index contributed by atoms with van der Waals surface area (Å²) in [5.41, 5.74) is 1.61. The van der Waals surface area contributed by atoms with Crippen molar-refractivity contribution in [3.8, 4) is 11.5 Å². The van der Waals surface area contributed by atoms with Crippen molar-refractivity contribution in [2.45, 2.75) is 26.5 Å². The van der Waals surface area contributed by atoms with Crippen LogP contribution in [0.5, 0.6) is 11.5 Å². The Kier molecular flexibility index (Phi) is 5.72. The molecule has 4 heteroatoms. The molecule has 0 unspecified atom stereocenters. The van der Waals surface area contributed by atoms with Gasteiger partial charge in [0, 0.05) is 12.1 Å². The van der Waals surface area contributed by atoms with E-state index in [1.807, 2.05) is 0 Å². The molecule has 0 heterocycles. The van der Waals surface area contributed by atoms with E-state index in [1.54, 1.807) is 30.3 Å². The fraction of sp³-hybridized carbons (Fsp3) is 0.294. The largest absolute Gasteiger partial charge is 0.457 e. The van der Waals surface area contributed by atoms with Gasteiger partial charge in [-0.1, -0.05) is 19.1 Å². The lowest BCUT2D eigenvalue weighted by atomic mass is 10.2. The minimum Gasteiger partial charge on any atom is -0.457 e. The van der Waals surface area contributed by atoms with Gasteiger partial charge < -0.3 is 15.2 Å². The predicted molar refractivity (Wildman–Crippen MR) is 80.8 cm³/mol. The molecule has 0 saturated carbocycles. The molecule has 0 aliphatic heterocycles. The molecule has 21 heavy (non-hydrogen) atoms. The number of benzene rings is 2. The van der Waals surface area contributed by atoms with E-state index in [2.05, 4.69) is 12.2 Å². The summed E-state index contributed by atoms with van der Waals surface area (Å²) in [5, 5.41) is 12.3. The Hall–Kier alpha value is -1.91. The molecule has 0 aliphatic carbocycles. The summed E-state index contributed by atoms with van der Waals surface area (Å²) in [6, 6.07) is 11.7. The monoisotopic (exact) mass is 289 g/mol. The molecular weight excluding hydrogens is 269 g/mol. The van der Waals surface area contributed by atoms with Gasteiger partial charge in [0.05, 0.1) is 6.61 Å². The van der Waals surface area contributed by atoms with Crippen molar-refractivity contribution >= 4 is 0 Å². The van der Waals surface area contributed by atoms with Crippen molar-refractivity contribution < 1.29 is 14.2 Å². The number of hydrogen-bond donors (Lipinski definition) is 2. The first-order valence-corrected chi connectivity index (χ1v) is 7.09. The average Bonchev–Trinajstić information content (AvgIpc) is 2.51. The maximum Gasteiger partial charge on any atom is 0.132 e. The number of ether oxygens (including phenoxy) is 1. The highest BCUT2D eigenvalue weighted by molar-refractivity contribution is 5.39. The summed E-state index contributed by atoms with van der Waals surface area (Å²) in [6.07, 6.45) is 1.02. The molecule has 2 aromatic rings. The van der Waals surface area contributed by atoms with Crippen molar-refractivity contribution in [1.29, 1.82) is 0 Å². The molecule has 0 fully saturated rings. The minimum atomic E-state index is -0.272. The Morgan fingerprint density at radius 3 is 2.57 bits per heavy atom. The van der Waals surface area contributed by atoms with E-state index in [-0.39, 0.29) is 12.4 Å². The molecule has 0 saturated heterocycles. The third-order valence-electron chi connectivity index (χ3n) is 3.10. The van der Waals surface area contributed by atoms with Gasteiger partial charge >= 0.3 is 0 Å². The molecule has 2 rings (SSSR count). The molecule has 0 radical (unpaired) electrons. The van der Waals surface area contributed by atoms with Crippen LogP contribution in [0.4, 0.5) is 4.39 Å². The van der Waals surface area contributed by atoms with Gasteiger partial charge in [0.2, 0.25) is 0 Å². The lowest BCUT2D eigenvalue weighted by Crippen LogP contribution is -2.14. The van der Waals surface area contributed by atoms with E-state index in [4.69, 9.17) is 9.84 Å². The molecule has 0 atom stereocenters. The van der Waals surface area contributed by atoms with E-state index in [9.17, 15) is 4.39 Å². The topological polar surface area (TPSA) is 41.5 Å². The molecule has 112 valence electrons. The second kappa shape index (κ2) is 7.76. The van der Waals surface area contributed by atoms with Gasteiger partial charge in [0.1, 0.15) is 17.3 Å². The Bertz CT molecular complexity index is 570. The highest BCUT2D eigenvalue weighted by atomic mass is 19.1. The lowest BCUT2D eigenvalue weighted by Gasteiger charge is -2.12. The summed E-state index contributed by atoms with van der Waals surface area (Å²) < 4.78 is 19.2. The summed E-state index contributed by atoms with van der Waals surface area (Å²) in [5.74, 6) is 1.03. The van der Waals surface area contributed by atoms with Crippen LogP contribution in [0.3, 0.4) is 0 Å². The van der Waals surface area contributed by atoms with Crippen molar-refractivity contribution in [2.24, 2.45) is 0 Å². The fourth-order valence-electron chi connectivity index (χ4n) is 1.98. The van der Waals surface area contributed by atoms with Crippen molar-refractivity contribution in [2.75, 3.05) is 6.54 Å². The molecule has 0 bridgehead atoms. The van der Waals surface area contributed by atoms with Crippen LogP contribution in [0.2, 0.25) is 0 Å². The number of rotatable bonds is 7. The smallest absolute Gasteiger partial charge is 0.132 e. The Balaban J connectivity index is 2.13. The number of halogens is 1. The van der Waals surface area contributed by atoms with Crippen molar-refractivity contribution in [3.63, 3.8) is 0 Å². The highest BCUT2D eigenvalue weighted by Crippen LogP contribution is 2.26. The maximum atomic E-state index is 13.4. The van der Waals surface area contributed by atoms with Gasteiger partial charge in [-0.2, -0.15) is 0 Å². The minimum absolute atomic E-state index is 0.00299. The summed E-state index contributed by atoms with van der Waals surface area (Å²) in [4.78, 5) is 0. The molecule has 3 nitrogen and oxygen atoms in total. The zero-order chi connectivity index (χ0) is 15.1. The zero-order valence-corrected chi connectivity index (χ0v) is 12.1. The van der Waals surface area contributed by atoms with Crippen LogP contribution in [0, 0.1) is 5.82 Å². The fourth-order valence-corrected chi connectivity index (χ4v) is 1.98. The number of hydrogen-bond acceptors (Lipinski definition) is 3. The van der Waals surface area contributed by atoms with Crippen LogP contribution in [0.25, 0.3) is 0 Å². The number of aliphatic hydroxyl groups is 1.